The maximum absolute atomic E-state index is 13.5. The van der Waals surface area contributed by atoms with Crippen molar-refractivity contribution in [1.82, 2.24) is 10.2 Å². The van der Waals surface area contributed by atoms with E-state index in [0.717, 1.165) is 45.4 Å². The number of carbonyl (C=O) groups excluding carboxylic acids is 2. The Bertz CT molecular complexity index is 649. The standard InChI is InChI=1S/C18H26FN3O3.C2H4O2/c1-2-25-16(24)17-3-6-18(7-4-17,8-5-17)21-11-15(23)22-12-13(19)9-14(22)10-20;1-2(3)4/h13-14,21H,2-9,11-12H2,1H3;1H3,(H,3,4)/t13-,14-,17?,18?;/m0./s1. The Morgan fingerprint density at radius 1 is 1.24 bits per heavy atom. The van der Waals surface area contributed by atoms with E-state index in [2.05, 4.69) is 5.32 Å². The number of aliphatic carboxylic acids is 1. The lowest BCUT2D eigenvalue weighted by molar-refractivity contribution is -0.163. The SMILES string of the molecule is CC(=O)O.CCOC(=O)C12CCC(NCC(=O)N3C[C@@H](F)C[C@H]3C#N)(CC1)CC2. The van der Waals surface area contributed by atoms with Gasteiger partial charge in [-0.25, -0.2) is 4.39 Å². The Morgan fingerprint density at radius 2 is 1.79 bits per heavy atom. The molecule has 29 heavy (non-hydrogen) atoms. The summed E-state index contributed by atoms with van der Waals surface area (Å²) in [6, 6.07) is 1.35. The summed E-state index contributed by atoms with van der Waals surface area (Å²) in [5, 5.41) is 19.9. The molecule has 0 radical (unpaired) electrons. The van der Waals surface area contributed by atoms with Gasteiger partial charge in [-0.2, -0.15) is 5.26 Å². The number of carboxylic acid groups (broad SMARTS) is 1. The van der Waals surface area contributed by atoms with E-state index in [1.165, 1.54) is 4.90 Å². The minimum absolute atomic E-state index is 0.0116. The summed E-state index contributed by atoms with van der Waals surface area (Å²) in [7, 11) is 0. The van der Waals surface area contributed by atoms with E-state index in [4.69, 9.17) is 19.9 Å². The summed E-state index contributed by atoms with van der Waals surface area (Å²) in [5.41, 5.74) is -0.466. The maximum Gasteiger partial charge on any atom is 0.312 e. The summed E-state index contributed by atoms with van der Waals surface area (Å²) >= 11 is 0. The fourth-order valence-corrected chi connectivity index (χ4v) is 4.59. The first kappa shape index (κ1) is 23.1. The topological polar surface area (TPSA) is 120 Å². The highest BCUT2D eigenvalue weighted by Crippen LogP contribution is 2.52. The first-order chi connectivity index (χ1) is 13.7. The summed E-state index contributed by atoms with van der Waals surface area (Å²) in [6.07, 6.45) is 3.86. The number of nitrogens with one attached hydrogen (secondary N) is 1. The van der Waals surface area contributed by atoms with Gasteiger partial charge < -0.3 is 20.1 Å². The molecular formula is C20H30FN3O5. The van der Waals surface area contributed by atoms with Crippen LogP contribution in [0.4, 0.5) is 4.39 Å². The van der Waals surface area contributed by atoms with Crippen molar-refractivity contribution in [3.8, 4) is 6.07 Å². The largest absolute Gasteiger partial charge is 0.481 e. The van der Waals surface area contributed by atoms with Gasteiger partial charge in [0.15, 0.2) is 0 Å². The number of nitriles is 1. The van der Waals surface area contributed by atoms with E-state index in [1.54, 1.807) is 0 Å². The number of alkyl halides is 1. The van der Waals surface area contributed by atoms with Gasteiger partial charge in [-0.1, -0.05) is 0 Å². The number of rotatable bonds is 5. The summed E-state index contributed by atoms with van der Waals surface area (Å²) < 4.78 is 18.7. The lowest BCUT2D eigenvalue weighted by Crippen LogP contribution is -2.58. The third-order valence-corrected chi connectivity index (χ3v) is 6.29. The predicted octanol–water partition coefficient (Wildman–Crippen LogP) is 1.79. The van der Waals surface area contributed by atoms with Crippen molar-refractivity contribution >= 4 is 17.8 Å². The molecule has 0 aromatic heterocycles. The van der Waals surface area contributed by atoms with Crippen molar-refractivity contribution in [1.29, 1.82) is 5.26 Å². The van der Waals surface area contributed by atoms with Crippen molar-refractivity contribution < 1.29 is 28.6 Å². The van der Waals surface area contributed by atoms with Gasteiger partial charge in [0, 0.05) is 18.9 Å². The highest BCUT2D eigenvalue weighted by atomic mass is 19.1. The van der Waals surface area contributed by atoms with Gasteiger partial charge in [-0.05, 0) is 45.4 Å². The predicted molar refractivity (Wildman–Crippen MR) is 101 cm³/mol. The van der Waals surface area contributed by atoms with Crippen LogP contribution < -0.4 is 5.32 Å². The van der Waals surface area contributed by atoms with Gasteiger partial charge in [0.1, 0.15) is 12.2 Å². The molecule has 8 nitrogen and oxygen atoms in total. The maximum atomic E-state index is 13.5. The van der Waals surface area contributed by atoms with Crippen molar-refractivity contribution in [2.24, 2.45) is 5.41 Å². The van der Waals surface area contributed by atoms with E-state index < -0.39 is 18.2 Å². The zero-order valence-electron chi connectivity index (χ0n) is 17.1. The second-order valence-corrected chi connectivity index (χ2v) is 8.18. The summed E-state index contributed by atoms with van der Waals surface area (Å²) in [5.74, 6) is -1.13. The monoisotopic (exact) mass is 411 g/mol. The number of fused-ring (bicyclic) bond motifs is 3. The molecule has 1 saturated heterocycles. The number of ether oxygens (including phenoxy) is 1. The molecule has 4 fully saturated rings. The lowest BCUT2D eigenvalue weighted by Gasteiger charge is -2.52. The first-order valence-electron chi connectivity index (χ1n) is 10.1. The summed E-state index contributed by atoms with van der Waals surface area (Å²) in [4.78, 5) is 35.0. The highest BCUT2D eigenvalue weighted by Gasteiger charge is 2.53. The molecule has 3 aliphatic carbocycles. The number of carboxylic acids is 1. The Labute approximate surface area is 170 Å². The second-order valence-electron chi connectivity index (χ2n) is 8.18. The van der Waals surface area contributed by atoms with Crippen molar-refractivity contribution in [2.75, 3.05) is 19.7 Å². The third kappa shape index (κ3) is 5.44. The van der Waals surface area contributed by atoms with Gasteiger partial charge in [0.2, 0.25) is 5.91 Å². The molecule has 2 atom stereocenters. The molecule has 9 heteroatoms. The van der Waals surface area contributed by atoms with Crippen LogP contribution in [0.15, 0.2) is 0 Å². The van der Waals surface area contributed by atoms with Crippen LogP contribution >= 0.6 is 0 Å². The number of carbonyl (C=O) groups is 3. The molecule has 0 spiro atoms. The normalized spacial score (nSPS) is 32.7. The molecule has 4 aliphatic rings. The number of amides is 1. The van der Waals surface area contributed by atoms with Crippen LogP contribution in [0.2, 0.25) is 0 Å². The van der Waals surface area contributed by atoms with Crippen LogP contribution in [-0.2, 0) is 19.1 Å². The van der Waals surface area contributed by atoms with E-state index in [1.807, 2.05) is 13.0 Å². The molecule has 0 unspecified atom stereocenters. The Hall–Kier alpha value is -2.21. The van der Waals surface area contributed by atoms with Crippen LogP contribution in [0, 0.1) is 16.7 Å². The minimum atomic E-state index is -1.11. The van der Waals surface area contributed by atoms with Crippen LogP contribution in [0.1, 0.15) is 58.8 Å². The molecule has 1 heterocycles. The molecule has 2 N–H and O–H groups in total. The summed E-state index contributed by atoms with van der Waals surface area (Å²) in [6.45, 7) is 3.45. The average Bonchev–Trinajstić information content (AvgIpc) is 3.08. The van der Waals surface area contributed by atoms with E-state index in [-0.39, 0.29) is 42.3 Å². The first-order valence-corrected chi connectivity index (χ1v) is 10.1. The van der Waals surface area contributed by atoms with Gasteiger partial charge in [0.25, 0.3) is 5.97 Å². The molecule has 3 saturated carbocycles. The van der Waals surface area contributed by atoms with Crippen molar-refractivity contribution in [2.45, 2.75) is 76.5 Å². The number of likely N-dealkylation sites (tertiary alicyclic amines) is 1. The number of hydrogen-bond acceptors (Lipinski definition) is 6. The Balaban J connectivity index is 0.000000687. The molecule has 0 aromatic rings. The molecule has 0 aromatic carbocycles. The van der Waals surface area contributed by atoms with Crippen LogP contribution in [0.5, 0.6) is 0 Å². The highest BCUT2D eigenvalue weighted by molar-refractivity contribution is 5.80. The zero-order valence-corrected chi connectivity index (χ0v) is 17.1. The molecule has 2 bridgehead atoms. The molecule has 1 amide bonds. The fraction of sp³-hybridized carbons (Fsp3) is 0.800. The molecular weight excluding hydrogens is 381 g/mol. The number of esters is 1. The number of hydrogen-bond donors (Lipinski definition) is 2. The second kappa shape index (κ2) is 9.53. The smallest absolute Gasteiger partial charge is 0.312 e. The number of nitrogens with zero attached hydrogens (tertiary/aromatic N) is 2. The Kier molecular flexibility index (Phi) is 7.58. The lowest BCUT2D eigenvalue weighted by atomic mass is 9.57. The van der Waals surface area contributed by atoms with E-state index in [0.29, 0.717) is 6.61 Å². The fourth-order valence-electron chi connectivity index (χ4n) is 4.59. The molecule has 162 valence electrons. The molecule has 1 aliphatic heterocycles. The van der Waals surface area contributed by atoms with Gasteiger partial charge in [0.05, 0.1) is 31.2 Å². The zero-order chi connectivity index (χ0) is 21.7. The van der Waals surface area contributed by atoms with Gasteiger partial charge in [-0.3, -0.25) is 14.4 Å². The van der Waals surface area contributed by atoms with Gasteiger partial charge in [-0.15, -0.1) is 0 Å². The minimum Gasteiger partial charge on any atom is -0.481 e. The number of halogens is 1. The van der Waals surface area contributed by atoms with Crippen LogP contribution in [0.3, 0.4) is 0 Å². The average molecular weight is 411 g/mol. The molecule has 4 rings (SSSR count). The quantitative estimate of drug-likeness (QED) is 0.662. The van der Waals surface area contributed by atoms with Crippen LogP contribution in [-0.4, -0.2) is 65.3 Å². The Morgan fingerprint density at radius 3 is 2.28 bits per heavy atom. The van der Waals surface area contributed by atoms with Crippen molar-refractivity contribution in [3.63, 3.8) is 0 Å². The van der Waals surface area contributed by atoms with Gasteiger partial charge >= 0.3 is 5.97 Å². The third-order valence-electron chi connectivity index (χ3n) is 6.29. The van der Waals surface area contributed by atoms with E-state index in [9.17, 15) is 14.0 Å². The van der Waals surface area contributed by atoms with Crippen molar-refractivity contribution in [3.05, 3.63) is 0 Å². The van der Waals surface area contributed by atoms with E-state index >= 15 is 0 Å². The van der Waals surface area contributed by atoms with Crippen LogP contribution in [0.25, 0.3) is 0 Å².